The van der Waals surface area contributed by atoms with E-state index >= 15 is 0 Å². The zero-order valence-electron chi connectivity index (χ0n) is 33.4. The Labute approximate surface area is 358 Å². The van der Waals surface area contributed by atoms with Gasteiger partial charge in [0.05, 0.1) is 59.6 Å². The van der Waals surface area contributed by atoms with Crippen LogP contribution in [0.2, 0.25) is 0 Å². The monoisotopic (exact) mass is 898 g/mol. The average Bonchev–Trinajstić information content (AvgIpc) is 4.12. The molecule has 22 heteroatoms. The molecule has 18 nitrogen and oxygen atoms in total. The molecule has 1 saturated heterocycles. The van der Waals surface area contributed by atoms with Crippen molar-refractivity contribution in [3.8, 4) is 11.3 Å². The minimum Gasteiger partial charge on any atom is -0.399 e. The van der Waals surface area contributed by atoms with Gasteiger partial charge in [0.15, 0.2) is 11.3 Å². The van der Waals surface area contributed by atoms with Gasteiger partial charge >= 0.3 is 7.12 Å². The van der Waals surface area contributed by atoms with Gasteiger partial charge in [-0.25, -0.2) is 38.1 Å². The Kier molecular flexibility index (Phi) is 10.7. The molecule has 9 heterocycles. The molecule has 0 spiro atoms. The van der Waals surface area contributed by atoms with Crippen LogP contribution in [0.25, 0.3) is 55.7 Å². The number of rotatable bonds is 6. The maximum atomic E-state index is 14.5. The fourth-order valence-corrected chi connectivity index (χ4v) is 6.72. The number of halogens is 3. The molecule has 2 N–H and O–H groups in total. The first-order valence-corrected chi connectivity index (χ1v) is 19.9. The molecule has 10 aromatic rings. The molecule has 1 aliphatic heterocycles. The number of aromatic amines is 2. The van der Waals surface area contributed by atoms with Gasteiger partial charge in [0.25, 0.3) is 0 Å². The standard InChI is InChI=1S/C17H11FN8.C14H8BrFN6.C9H15BN2O2/c18-13-5-14-10(2-1-3-19-14)4-11(13)9-26-17-16(24-25-26)20-8-15(23-17)12-6-21-22-7-12;15-12-6-18-13-14(19-12)22(21-20-13)7-9-4-8-2-1-3-17-11(8)5-10(9)16;1-8(2)9(3,4)14-10(13-8)7-5-11-12-6-7/h1-8H,9H2,(H,21,22);1-6H,7H2;5-6H,1-4H3,(H,11,12). The third kappa shape index (κ3) is 8.21. The molecule has 0 amide bonds. The molecule has 62 heavy (non-hydrogen) atoms. The topological polar surface area (TPSA) is 215 Å². The predicted octanol–water partition coefficient (Wildman–Crippen LogP) is 5.78. The second-order valence-corrected chi connectivity index (χ2v) is 15.9. The van der Waals surface area contributed by atoms with Crippen LogP contribution in [0.1, 0.15) is 38.8 Å². The molecule has 310 valence electrons. The van der Waals surface area contributed by atoms with Crippen LogP contribution in [0.4, 0.5) is 8.78 Å². The van der Waals surface area contributed by atoms with Crippen molar-refractivity contribution in [2.24, 2.45) is 0 Å². The maximum Gasteiger partial charge on any atom is 0.498 e. The van der Waals surface area contributed by atoms with Gasteiger partial charge in [-0.15, -0.1) is 10.2 Å². The molecular formula is C40H34BBrF2N16O2. The van der Waals surface area contributed by atoms with Crippen LogP contribution in [0, 0.1) is 11.6 Å². The maximum absolute atomic E-state index is 14.5. The van der Waals surface area contributed by atoms with Crippen LogP contribution in [-0.4, -0.2) is 98.6 Å². The third-order valence-corrected chi connectivity index (χ3v) is 10.8. The molecular weight excluding hydrogens is 865 g/mol. The smallest absolute Gasteiger partial charge is 0.399 e. The van der Waals surface area contributed by atoms with Gasteiger partial charge in [-0.05, 0) is 67.9 Å². The Hall–Kier alpha value is -7.04. The van der Waals surface area contributed by atoms with E-state index in [2.05, 4.69) is 86.9 Å². The number of nitrogens with one attached hydrogen (secondary N) is 2. The van der Waals surface area contributed by atoms with E-state index in [1.165, 1.54) is 21.5 Å². The van der Waals surface area contributed by atoms with E-state index in [1.807, 2.05) is 52.0 Å². The van der Waals surface area contributed by atoms with Crippen LogP contribution >= 0.6 is 15.9 Å². The van der Waals surface area contributed by atoms with Gasteiger partial charge in [-0.2, -0.15) is 10.2 Å². The van der Waals surface area contributed by atoms with Crippen molar-refractivity contribution < 1.29 is 18.1 Å². The number of aromatic nitrogens is 16. The van der Waals surface area contributed by atoms with Crippen molar-refractivity contribution in [2.45, 2.75) is 52.0 Å². The Bertz CT molecular complexity index is 3160. The predicted molar refractivity (Wildman–Crippen MR) is 227 cm³/mol. The number of benzene rings is 2. The number of H-pyrrole nitrogens is 2. The van der Waals surface area contributed by atoms with E-state index in [0.29, 0.717) is 55.0 Å². The van der Waals surface area contributed by atoms with E-state index in [-0.39, 0.29) is 43.0 Å². The summed E-state index contributed by atoms with van der Waals surface area (Å²) in [4.78, 5) is 25.5. The Balaban J connectivity index is 0.000000124. The SMILES string of the molecule is CC1(C)OB(c2cn[nH]c2)OC1(C)C.Fc1cc2ncccc2cc1Cn1nnc2ncc(-c3cn[nH]c3)nc21.Fc1cc2ncccc2cc1Cn1nnc2ncc(Br)nc21. The summed E-state index contributed by atoms with van der Waals surface area (Å²) in [7, 11) is -0.307. The largest absolute Gasteiger partial charge is 0.498 e. The highest BCUT2D eigenvalue weighted by Gasteiger charge is 2.52. The Morgan fingerprint density at radius 1 is 0.677 bits per heavy atom. The third-order valence-electron chi connectivity index (χ3n) is 10.4. The van der Waals surface area contributed by atoms with Crippen LogP contribution in [0.15, 0.2) is 103 Å². The molecule has 0 aliphatic carbocycles. The highest BCUT2D eigenvalue weighted by atomic mass is 79.9. The van der Waals surface area contributed by atoms with E-state index in [9.17, 15) is 8.78 Å². The fraction of sp³-hybridized carbons (Fsp3) is 0.200. The van der Waals surface area contributed by atoms with Crippen LogP contribution < -0.4 is 5.46 Å². The van der Waals surface area contributed by atoms with Gasteiger partial charge < -0.3 is 9.31 Å². The second-order valence-electron chi connectivity index (χ2n) is 15.1. The molecule has 11 rings (SSSR count). The molecule has 1 fully saturated rings. The van der Waals surface area contributed by atoms with Crippen molar-refractivity contribution in [3.63, 3.8) is 0 Å². The van der Waals surface area contributed by atoms with E-state index in [0.717, 1.165) is 21.8 Å². The summed E-state index contributed by atoms with van der Waals surface area (Å²) >= 11 is 3.26. The first kappa shape index (κ1) is 40.4. The van der Waals surface area contributed by atoms with Crippen molar-refractivity contribution in [2.75, 3.05) is 0 Å². The number of nitrogens with zero attached hydrogens (tertiary/aromatic N) is 14. The first-order valence-electron chi connectivity index (χ1n) is 19.1. The zero-order chi connectivity index (χ0) is 43.0. The summed E-state index contributed by atoms with van der Waals surface area (Å²) in [5.41, 5.74) is 5.82. The van der Waals surface area contributed by atoms with Crippen LogP contribution in [-0.2, 0) is 22.4 Å². The molecule has 1 aliphatic rings. The average molecular weight is 900 g/mol. The van der Waals surface area contributed by atoms with Crippen LogP contribution in [0.3, 0.4) is 0 Å². The highest BCUT2D eigenvalue weighted by Crippen LogP contribution is 2.36. The summed E-state index contributed by atoms with van der Waals surface area (Å²) in [5, 5.41) is 31.0. The van der Waals surface area contributed by atoms with Gasteiger partial charge in [0, 0.05) is 76.0 Å². The van der Waals surface area contributed by atoms with Gasteiger partial charge in [0.1, 0.15) is 16.2 Å². The van der Waals surface area contributed by atoms with Crippen molar-refractivity contribution >= 4 is 72.9 Å². The van der Waals surface area contributed by atoms with Gasteiger partial charge in [0.2, 0.25) is 11.3 Å². The summed E-state index contributed by atoms with van der Waals surface area (Å²) < 4.78 is 44.0. The molecule has 8 aromatic heterocycles. The molecule has 0 unspecified atom stereocenters. The van der Waals surface area contributed by atoms with E-state index in [4.69, 9.17) is 9.31 Å². The number of hydrogen-bond donors (Lipinski definition) is 2. The normalized spacial score (nSPS) is 14.3. The minimum atomic E-state index is -0.348. The lowest BCUT2D eigenvalue weighted by atomic mass is 9.82. The molecule has 2 aromatic carbocycles. The summed E-state index contributed by atoms with van der Waals surface area (Å²) in [6.45, 7) is 8.55. The molecule has 0 bridgehead atoms. The lowest BCUT2D eigenvalue weighted by Crippen LogP contribution is -2.41. The van der Waals surface area contributed by atoms with Crippen molar-refractivity contribution in [3.05, 3.63) is 125 Å². The molecule has 0 atom stereocenters. The van der Waals surface area contributed by atoms with Crippen molar-refractivity contribution in [1.29, 1.82) is 0 Å². The summed E-state index contributed by atoms with van der Waals surface area (Å²) in [6, 6.07) is 13.8. The first-order chi connectivity index (χ1) is 29.9. The number of hydrogen-bond acceptors (Lipinski definition) is 14. The van der Waals surface area contributed by atoms with E-state index in [1.54, 1.807) is 61.7 Å². The summed E-state index contributed by atoms with van der Waals surface area (Å²) in [6.07, 6.45) is 13.3. The second kappa shape index (κ2) is 16.4. The quantitative estimate of drug-likeness (QED) is 0.190. The van der Waals surface area contributed by atoms with Crippen LogP contribution in [0.5, 0.6) is 0 Å². The lowest BCUT2D eigenvalue weighted by molar-refractivity contribution is 0.00578. The fourth-order valence-electron chi connectivity index (χ4n) is 6.45. The molecule has 0 saturated carbocycles. The van der Waals surface area contributed by atoms with Gasteiger partial charge in [-0.1, -0.05) is 22.6 Å². The lowest BCUT2D eigenvalue weighted by Gasteiger charge is -2.32. The van der Waals surface area contributed by atoms with Crippen molar-refractivity contribution in [1.82, 2.24) is 80.3 Å². The molecule has 0 radical (unpaired) electrons. The zero-order valence-corrected chi connectivity index (χ0v) is 35.0. The summed E-state index contributed by atoms with van der Waals surface area (Å²) in [5.74, 6) is -0.684. The van der Waals surface area contributed by atoms with Gasteiger partial charge in [-0.3, -0.25) is 20.2 Å². The number of fused-ring (bicyclic) bond motifs is 4. The minimum absolute atomic E-state index is 0.191. The number of pyridine rings is 2. The van der Waals surface area contributed by atoms with E-state index < -0.39 is 0 Å². The Morgan fingerprint density at radius 2 is 1.23 bits per heavy atom. The Morgan fingerprint density at radius 3 is 1.77 bits per heavy atom. The highest BCUT2D eigenvalue weighted by molar-refractivity contribution is 9.10.